The summed E-state index contributed by atoms with van der Waals surface area (Å²) in [6.07, 6.45) is 5.90. The molecule has 2 fully saturated rings. The van der Waals surface area contributed by atoms with Crippen molar-refractivity contribution >= 4 is 6.09 Å². The quantitative estimate of drug-likeness (QED) is 0.828. The molecule has 1 N–H and O–H groups in total. The van der Waals surface area contributed by atoms with E-state index in [9.17, 15) is 4.79 Å². The largest absolute Gasteiger partial charge is 0.444 e. The summed E-state index contributed by atoms with van der Waals surface area (Å²) in [6.45, 7) is 13.5. The SMILES string of the molecule is CC1CCCC(NC2CCN(C(=O)OC(C)(C)C)C(C)C2)C1C. The Bertz CT molecular complexity index is 405. The van der Waals surface area contributed by atoms with Gasteiger partial charge in [-0.3, -0.25) is 0 Å². The Hall–Kier alpha value is -0.770. The topological polar surface area (TPSA) is 41.6 Å². The standard InChI is InChI=1S/C19H36N2O2/c1-13-8-7-9-17(15(13)3)20-16-10-11-21(14(2)12-16)18(22)23-19(4,5)6/h13-17,20H,7-12H2,1-6H3. The van der Waals surface area contributed by atoms with Crippen LogP contribution in [0, 0.1) is 11.8 Å². The molecule has 2 rings (SSSR count). The van der Waals surface area contributed by atoms with Crippen LogP contribution >= 0.6 is 0 Å². The average molecular weight is 325 g/mol. The molecule has 4 heteroatoms. The maximum atomic E-state index is 12.3. The van der Waals surface area contributed by atoms with Gasteiger partial charge in [0.25, 0.3) is 0 Å². The van der Waals surface area contributed by atoms with Crippen LogP contribution in [0.3, 0.4) is 0 Å². The first-order valence-electron chi connectivity index (χ1n) is 9.43. The zero-order valence-corrected chi connectivity index (χ0v) is 15.9. The van der Waals surface area contributed by atoms with Crippen molar-refractivity contribution < 1.29 is 9.53 Å². The molecule has 1 aliphatic carbocycles. The van der Waals surface area contributed by atoms with Crippen LogP contribution in [0.2, 0.25) is 0 Å². The van der Waals surface area contributed by atoms with Crippen molar-refractivity contribution in [3.05, 3.63) is 0 Å². The molecule has 1 aliphatic heterocycles. The molecule has 1 amide bonds. The number of amides is 1. The van der Waals surface area contributed by atoms with Gasteiger partial charge in [0.1, 0.15) is 5.60 Å². The van der Waals surface area contributed by atoms with Crippen LogP contribution in [-0.2, 0) is 4.74 Å². The van der Waals surface area contributed by atoms with Crippen LogP contribution in [-0.4, -0.2) is 41.3 Å². The van der Waals surface area contributed by atoms with Gasteiger partial charge in [0.05, 0.1) is 0 Å². The molecule has 0 aromatic rings. The zero-order valence-electron chi connectivity index (χ0n) is 15.9. The van der Waals surface area contributed by atoms with Crippen molar-refractivity contribution in [2.45, 2.75) is 97.4 Å². The summed E-state index contributed by atoms with van der Waals surface area (Å²) in [5.74, 6) is 1.57. The van der Waals surface area contributed by atoms with Gasteiger partial charge in [-0.1, -0.05) is 26.7 Å². The molecule has 0 spiro atoms. The van der Waals surface area contributed by atoms with Gasteiger partial charge in [-0.25, -0.2) is 4.79 Å². The number of nitrogens with one attached hydrogen (secondary N) is 1. The van der Waals surface area contributed by atoms with Crippen LogP contribution in [0.25, 0.3) is 0 Å². The van der Waals surface area contributed by atoms with Crippen LogP contribution in [0.5, 0.6) is 0 Å². The van der Waals surface area contributed by atoms with E-state index in [1.165, 1.54) is 19.3 Å². The molecule has 0 aromatic heterocycles. The predicted molar refractivity (Wildman–Crippen MR) is 94.5 cm³/mol. The van der Waals surface area contributed by atoms with Gasteiger partial charge >= 0.3 is 6.09 Å². The lowest BCUT2D eigenvalue weighted by molar-refractivity contribution is 0.00822. The van der Waals surface area contributed by atoms with Gasteiger partial charge in [-0.15, -0.1) is 0 Å². The summed E-state index contributed by atoms with van der Waals surface area (Å²) in [5.41, 5.74) is -0.417. The summed E-state index contributed by atoms with van der Waals surface area (Å²) >= 11 is 0. The highest BCUT2D eigenvalue weighted by Crippen LogP contribution is 2.31. The first-order chi connectivity index (χ1) is 10.7. The second kappa shape index (κ2) is 7.42. The molecule has 1 heterocycles. The molecule has 1 saturated heterocycles. The number of rotatable bonds is 2. The number of hydrogen-bond acceptors (Lipinski definition) is 3. The maximum Gasteiger partial charge on any atom is 0.410 e. The summed E-state index contributed by atoms with van der Waals surface area (Å²) in [4.78, 5) is 14.2. The Morgan fingerprint density at radius 2 is 1.83 bits per heavy atom. The Kier molecular flexibility index (Phi) is 5.99. The van der Waals surface area contributed by atoms with Gasteiger partial charge in [-0.2, -0.15) is 0 Å². The minimum absolute atomic E-state index is 0.164. The highest BCUT2D eigenvalue weighted by atomic mass is 16.6. The highest BCUT2D eigenvalue weighted by molar-refractivity contribution is 5.68. The van der Waals surface area contributed by atoms with E-state index in [1.807, 2.05) is 25.7 Å². The zero-order chi connectivity index (χ0) is 17.2. The second-order valence-corrected chi connectivity index (χ2v) is 8.78. The Labute approximate surface area is 142 Å². The third kappa shape index (κ3) is 5.10. The van der Waals surface area contributed by atoms with E-state index >= 15 is 0 Å². The third-order valence-electron chi connectivity index (χ3n) is 5.66. The molecule has 4 nitrogen and oxygen atoms in total. The molecule has 23 heavy (non-hydrogen) atoms. The fourth-order valence-electron chi connectivity index (χ4n) is 4.04. The van der Waals surface area contributed by atoms with Gasteiger partial charge in [0, 0.05) is 24.7 Å². The van der Waals surface area contributed by atoms with Crippen LogP contribution < -0.4 is 5.32 Å². The highest BCUT2D eigenvalue weighted by Gasteiger charge is 2.34. The molecule has 2 aliphatic rings. The molecular weight excluding hydrogens is 288 g/mol. The van der Waals surface area contributed by atoms with E-state index in [4.69, 9.17) is 4.74 Å². The predicted octanol–water partition coefficient (Wildman–Crippen LogP) is 4.19. The van der Waals surface area contributed by atoms with Crippen molar-refractivity contribution in [1.82, 2.24) is 10.2 Å². The van der Waals surface area contributed by atoms with E-state index in [0.29, 0.717) is 12.1 Å². The molecule has 0 bridgehead atoms. The minimum Gasteiger partial charge on any atom is -0.444 e. The van der Waals surface area contributed by atoms with Crippen LogP contribution in [0.4, 0.5) is 4.79 Å². The minimum atomic E-state index is -0.417. The van der Waals surface area contributed by atoms with Crippen molar-refractivity contribution in [2.75, 3.05) is 6.54 Å². The van der Waals surface area contributed by atoms with E-state index in [1.54, 1.807) is 0 Å². The van der Waals surface area contributed by atoms with Crippen LogP contribution in [0.15, 0.2) is 0 Å². The molecule has 5 unspecified atom stereocenters. The number of carbonyl (C=O) groups excluding carboxylic acids is 1. The van der Waals surface area contributed by atoms with E-state index in [0.717, 1.165) is 31.2 Å². The van der Waals surface area contributed by atoms with Crippen molar-refractivity contribution in [3.63, 3.8) is 0 Å². The number of nitrogens with zero attached hydrogens (tertiary/aromatic N) is 1. The molecule has 0 aromatic carbocycles. The van der Waals surface area contributed by atoms with Gasteiger partial charge in [-0.05, 0) is 58.8 Å². The normalized spacial score (nSPS) is 35.9. The summed E-state index contributed by atoms with van der Waals surface area (Å²) < 4.78 is 5.53. The summed E-state index contributed by atoms with van der Waals surface area (Å²) in [6, 6.07) is 1.41. The first-order valence-corrected chi connectivity index (χ1v) is 9.43. The average Bonchev–Trinajstić information content (AvgIpc) is 2.42. The maximum absolute atomic E-state index is 12.3. The monoisotopic (exact) mass is 324 g/mol. The van der Waals surface area contributed by atoms with Crippen molar-refractivity contribution in [3.8, 4) is 0 Å². The smallest absolute Gasteiger partial charge is 0.410 e. The molecule has 5 atom stereocenters. The number of ether oxygens (including phenoxy) is 1. The van der Waals surface area contributed by atoms with Crippen LogP contribution in [0.1, 0.15) is 73.6 Å². The molecule has 0 radical (unpaired) electrons. The summed E-state index contributed by atoms with van der Waals surface area (Å²) in [7, 11) is 0. The second-order valence-electron chi connectivity index (χ2n) is 8.78. The molecule has 134 valence electrons. The number of piperidine rings is 1. The van der Waals surface area contributed by atoms with E-state index in [-0.39, 0.29) is 12.1 Å². The van der Waals surface area contributed by atoms with Gasteiger partial charge in [0.2, 0.25) is 0 Å². The number of hydrogen-bond donors (Lipinski definition) is 1. The Morgan fingerprint density at radius 1 is 1.13 bits per heavy atom. The number of carbonyl (C=O) groups is 1. The fraction of sp³-hybridized carbons (Fsp3) is 0.947. The first kappa shape index (κ1) is 18.6. The van der Waals surface area contributed by atoms with Gasteiger partial charge < -0.3 is 15.0 Å². The van der Waals surface area contributed by atoms with E-state index in [2.05, 4.69) is 26.1 Å². The fourth-order valence-corrected chi connectivity index (χ4v) is 4.04. The number of likely N-dealkylation sites (tertiary alicyclic amines) is 1. The summed E-state index contributed by atoms with van der Waals surface area (Å²) in [5, 5.41) is 3.90. The lowest BCUT2D eigenvalue weighted by atomic mass is 9.77. The van der Waals surface area contributed by atoms with Crippen molar-refractivity contribution in [1.29, 1.82) is 0 Å². The van der Waals surface area contributed by atoms with Gasteiger partial charge in [0.15, 0.2) is 0 Å². The lowest BCUT2D eigenvalue weighted by Gasteiger charge is -2.42. The Morgan fingerprint density at radius 3 is 2.43 bits per heavy atom. The third-order valence-corrected chi connectivity index (χ3v) is 5.66. The molecular formula is C19H36N2O2. The Balaban J connectivity index is 1.85. The lowest BCUT2D eigenvalue weighted by Crippen LogP contribution is -2.54. The molecule has 1 saturated carbocycles. The van der Waals surface area contributed by atoms with E-state index < -0.39 is 5.60 Å². The van der Waals surface area contributed by atoms with Crippen molar-refractivity contribution in [2.24, 2.45) is 11.8 Å².